The Morgan fingerprint density at radius 2 is 1.66 bits per heavy atom. The molecule has 5 nitrogen and oxygen atoms in total. The number of aromatic hydroxyl groups is 1. The Kier molecular flexibility index (Phi) is 8.34. The molecule has 3 atom stereocenters. The van der Waals surface area contributed by atoms with Gasteiger partial charge in [0.05, 0.1) is 3.57 Å². The van der Waals surface area contributed by atoms with Crippen LogP contribution < -0.4 is 10.5 Å². The summed E-state index contributed by atoms with van der Waals surface area (Å²) in [5.74, 6) is 1.19. The zero-order valence-corrected chi connectivity index (χ0v) is 19.6. The van der Waals surface area contributed by atoms with Crippen molar-refractivity contribution in [2.75, 3.05) is 0 Å². The maximum Gasteiger partial charge on any atom is 0.320 e. The van der Waals surface area contributed by atoms with E-state index in [1.807, 2.05) is 18.2 Å². The van der Waals surface area contributed by atoms with Crippen molar-refractivity contribution < 1.29 is 19.7 Å². The van der Waals surface area contributed by atoms with Gasteiger partial charge in [-0.05, 0) is 88.6 Å². The van der Waals surface area contributed by atoms with Crippen molar-refractivity contribution in [1.29, 1.82) is 0 Å². The van der Waals surface area contributed by atoms with Gasteiger partial charge < -0.3 is 20.7 Å². The SMILES string of the molecule is CCC(C)c1cc(CC(N)C(=O)O)cc(C(C)CC)c1Oc1ccc(O)c(I)c1. The first kappa shape index (κ1) is 23.5. The molecule has 0 radical (unpaired) electrons. The van der Waals surface area contributed by atoms with Crippen LogP contribution in [0.3, 0.4) is 0 Å². The van der Waals surface area contributed by atoms with E-state index in [-0.39, 0.29) is 24.0 Å². The highest BCUT2D eigenvalue weighted by atomic mass is 127. The van der Waals surface area contributed by atoms with Gasteiger partial charge in [0.2, 0.25) is 0 Å². The highest BCUT2D eigenvalue weighted by Crippen LogP contribution is 2.41. The Hall–Kier alpha value is -1.80. The second kappa shape index (κ2) is 10.3. The topological polar surface area (TPSA) is 92.8 Å². The third-order valence-corrected chi connectivity index (χ3v) is 6.27. The lowest BCUT2D eigenvalue weighted by molar-refractivity contribution is -0.138. The molecule has 2 aromatic rings. The van der Waals surface area contributed by atoms with Crippen LogP contribution in [0, 0.1) is 3.57 Å². The van der Waals surface area contributed by atoms with Gasteiger partial charge in [-0.15, -0.1) is 0 Å². The molecule has 0 aromatic heterocycles. The fraction of sp³-hybridized carbons (Fsp3) is 0.435. The summed E-state index contributed by atoms with van der Waals surface area (Å²) in [4.78, 5) is 11.3. The molecule has 2 aromatic carbocycles. The quantitative estimate of drug-likeness (QED) is 0.372. The molecular formula is C23H30INO4. The number of nitrogens with two attached hydrogens (primary N) is 1. The number of carbonyl (C=O) groups is 1. The number of phenols is 1. The van der Waals surface area contributed by atoms with Crippen LogP contribution in [0.2, 0.25) is 0 Å². The number of phenolic OH excluding ortho intramolecular Hbond substituents is 1. The van der Waals surface area contributed by atoms with Crippen LogP contribution >= 0.6 is 22.6 Å². The monoisotopic (exact) mass is 511 g/mol. The first-order valence-electron chi connectivity index (χ1n) is 9.99. The Morgan fingerprint density at radius 1 is 1.10 bits per heavy atom. The lowest BCUT2D eigenvalue weighted by atomic mass is 9.87. The molecule has 4 N–H and O–H groups in total. The van der Waals surface area contributed by atoms with Crippen molar-refractivity contribution in [2.45, 2.75) is 64.8 Å². The van der Waals surface area contributed by atoms with Gasteiger partial charge in [-0.3, -0.25) is 4.79 Å². The second-order valence-corrected chi connectivity index (χ2v) is 8.75. The molecule has 0 saturated carbocycles. The van der Waals surface area contributed by atoms with Crippen molar-refractivity contribution >= 4 is 28.6 Å². The van der Waals surface area contributed by atoms with Gasteiger partial charge in [-0.25, -0.2) is 0 Å². The average molecular weight is 511 g/mol. The standard InChI is InChI=1S/C23H30INO4/c1-5-13(3)17-9-15(11-20(25)23(27)28)10-18(14(4)6-2)22(17)29-16-7-8-21(26)19(24)12-16/h7-10,12-14,20,26H,5-6,11,25H2,1-4H3,(H,27,28). The summed E-state index contributed by atoms with van der Waals surface area (Å²) in [6.07, 6.45) is 2.13. The number of carboxylic acid groups (broad SMARTS) is 1. The van der Waals surface area contributed by atoms with E-state index in [4.69, 9.17) is 10.5 Å². The lowest BCUT2D eigenvalue weighted by Gasteiger charge is -2.24. The number of benzene rings is 2. The Labute approximate surface area is 186 Å². The summed E-state index contributed by atoms with van der Waals surface area (Å²) >= 11 is 2.08. The van der Waals surface area contributed by atoms with Crippen molar-refractivity contribution in [2.24, 2.45) is 5.73 Å². The molecule has 0 amide bonds. The summed E-state index contributed by atoms with van der Waals surface area (Å²) in [7, 11) is 0. The van der Waals surface area contributed by atoms with Gasteiger partial charge in [0.15, 0.2) is 0 Å². The number of hydrogen-bond donors (Lipinski definition) is 3. The molecule has 0 heterocycles. The van der Waals surface area contributed by atoms with E-state index in [2.05, 4.69) is 50.3 Å². The van der Waals surface area contributed by atoms with E-state index >= 15 is 0 Å². The number of aliphatic carboxylic acids is 1. The second-order valence-electron chi connectivity index (χ2n) is 7.59. The number of ether oxygens (including phenoxy) is 1. The highest BCUT2D eigenvalue weighted by molar-refractivity contribution is 14.1. The van der Waals surface area contributed by atoms with E-state index in [0.29, 0.717) is 5.75 Å². The Bertz CT molecular complexity index is 837. The fourth-order valence-corrected chi connectivity index (χ4v) is 3.64. The van der Waals surface area contributed by atoms with Gasteiger partial charge in [-0.2, -0.15) is 0 Å². The minimum Gasteiger partial charge on any atom is -0.507 e. The molecule has 0 aliphatic rings. The molecule has 0 saturated heterocycles. The molecule has 2 rings (SSSR count). The number of rotatable bonds is 9. The predicted molar refractivity (Wildman–Crippen MR) is 124 cm³/mol. The van der Waals surface area contributed by atoms with Crippen LogP contribution in [0.1, 0.15) is 69.1 Å². The summed E-state index contributed by atoms with van der Waals surface area (Å²) in [5, 5.41) is 19.0. The first-order valence-corrected chi connectivity index (χ1v) is 11.1. The molecule has 0 aliphatic carbocycles. The minimum absolute atomic E-state index is 0.222. The third-order valence-electron chi connectivity index (χ3n) is 5.40. The Balaban J connectivity index is 2.60. The molecular weight excluding hydrogens is 481 g/mol. The lowest BCUT2D eigenvalue weighted by Crippen LogP contribution is -2.32. The molecule has 0 aliphatic heterocycles. The smallest absolute Gasteiger partial charge is 0.320 e. The summed E-state index contributed by atoms with van der Waals surface area (Å²) in [5.41, 5.74) is 8.83. The zero-order valence-electron chi connectivity index (χ0n) is 17.4. The predicted octanol–water partition coefficient (Wildman–Crippen LogP) is 5.77. The number of hydrogen-bond acceptors (Lipinski definition) is 4. The first-order chi connectivity index (χ1) is 13.7. The van der Waals surface area contributed by atoms with Crippen LogP contribution in [0.5, 0.6) is 17.2 Å². The van der Waals surface area contributed by atoms with Crippen LogP contribution in [-0.2, 0) is 11.2 Å². The molecule has 6 heteroatoms. The molecule has 0 bridgehead atoms. The van der Waals surface area contributed by atoms with E-state index in [9.17, 15) is 15.0 Å². The van der Waals surface area contributed by atoms with Crippen molar-refractivity contribution in [3.8, 4) is 17.2 Å². The number of carboxylic acids is 1. The number of halogens is 1. The normalized spacial score (nSPS) is 14.3. The van der Waals surface area contributed by atoms with Crippen molar-refractivity contribution in [3.63, 3.8) is 0 Å². The van der Waals surface area contributed by atoms with E-state index < -0.39 is 12.0 Å². The van der Waals surface area contributed by atoms with E-state index in [0.717, 1.165) is 38.9 Å². The van der Waals surface area contributed by atoms with Gasteiger partial charge in [0, 0.05) is 0 Å². The van der Waals surface area contributed by atoms with E-state index in [1.54, 1.807) is 12.1 Å². The maximum atomic E-state index is 11.3. The molecule has 29 heavy (non-hydrogen) atoms. The third kappa shape index (κ3) is 5.85. The van der Waals surface area contributed by atoms with Gasteiger partial charge in [0.1, 0.15) is 23.3 Å². The molecule has 158 valence electrons. The highest BCUT2D eigenvalue weighted by Gasteiger charge is 2.22. The summed E-state index contributed by atoms with van der Waals surface area (Å²) < 4.78 is 7.09. The van der Waals surface area contributed by atoms with Crippen LogP contribution in [0.15, 0.2) is 30.3 Å². The maximum absolute atomic E-state index is 11.3. The van der Waals surface area contributed by atoms with Crippen LogP contribution in [0.25, 0.3) is 0 Å². The summed E-state index contributed by atoms with van der Waals surface area (Å²) in [6.45, 7) is 8.53. The molecule has 0 fully saturated rings. The van der Waals surface area contributed by atoms with Crippen molar-refractivity contribution in [1.82, 2.24) is 0 Å². The van der Waals surface area contributed by atoms with Gasteiger partial charge >= 0.3 is 5.97 Å². The molecule has 3 unspecified atom stereocenters. The zero-order chi connectivity index (χ0) is 21.7. The van der Waals surface area contributed by atoms with Gasteiger partial charge in [-0.1, -0.05) is 39.8 Å². The Morgan fingerprint density at radius 3 is 2.10 bits per heavy atom. The van der Waals surface area contributed by atoms with Crippen LogP contribution in [-0.4, -0.2) is 22.2 Å². The van der Waals surface area contributed by atoms with Gasteiger partial charge in [0.25, 0.3) is 0 Å². The summed E-state index contributed by atoms with van der Waals surface area (Å²) in [6, 6.07) is 8.32. The van der Waals surface area contributed by atoms with E-state index in [1.165, 1.54) is 0 Å². The largest absolute Gasteiger partial charge is 0.507 e. The fourth-order valence-electron chi connectivity index (χ4n) is 3.16. The molecule has 0 spiro atoms. The average Bonchev–Trinajstić information content (AvgIpc) is 2.70. The van der Waals surface area contributed by atoms with Crippen LogP contribution in [0.4, 0.5) is 0 Å². The van der Waals surface area contributed by atoms with Crippen molar-refractivity contribution in [3.05, 3.63) is 50.6 Å². The minimum atomic E-state index is -1.00.